The lowest BCUT2D eigenvalue weighted by Crippen LogP contribution is -2.46. The van der Waals surface area contributed by atoms with Gasteiger partial charge in [0.15, 0.2) is 0 Å². The van der Waals surface area contributed by atoms with Gasteiger partial charge in [0.05, 0.1) is 5.39 Å². The first-order chi connectivity index (χ1) is 11.8. The van der Waals surface area contributed by atoms with Crippen molar-refractivity contribution < 1.29 is 0 Å². The Bertz CT molecular complexity index is 835. The van der Waals surface area contributed by atoms with Gasteiger partial charge in [-0.25, -0.2) is 9.97 Å². The SMILES string of the molecule is CCN1CCN(c2nc(C)nc3scc(-c4ccccc4)c23)CC1. The quantitative estimate of drug-likeness (QED) is 0.727. The number of thiophene rings is 1. The fraction of sp³-hybridized carbons (Fsp3) is 0.368. The van der Waals surface area contributed by atoms with E-state index in [4.69, 9.17) is 4.98 Å². The van der Waals surface area contributed by atoms with Crippen molar-refractivity contribution in [1.29, 1.82) is 0 Å². The fourth-order valence-electron chi connectivity index (χ4n) is 3.36. The van der Waals surface area contributed by atoms with Crippen LogP contribution in [0.3, 0.4) is 0 Å². The molecule has 4 nitrogen and oxygen atoms in total. The van der Waals surface area contributed by atoms with Crippen molar-refractivity contribution in [2.75, 3.05) is 37.6 Å². The summed E-state index contributed by atoms with van der Waals surface area (Å²) in [4.78, 5) is 15.5. The highest BCUT2D eigenvalue weighted by Crippen LogP contribution is 2.38. The molecular weight excluding hydrogens is 316 g/mol. The summed E-state index contributed by atoms with van der Waals surface area (Å²) in [6, 6.07) is 10.6. The summed E-state index contributed by atoms with van der Waals surface area (Å²) in [5.41, 5.74) is 2.49. The van der Waals surface area contributed by atoms with Crippen LogP contribution in [0.15, 0.2) is 35.7 Å². The third-order valence-electron chi connectivity index (χ3n) is 4.73. The van der Waals surface area contributed by atoms with Gasteiger partial charge in [-0.05, 0) is 19.0 Å². The summed E-state index contributed by atoms with van der Waals surface area (Å²) >= 11 is 1.72. The first kappa shape index (κ1) is 15.5. The van der Waals surface area contributed by atoms with Crippen molar-refractivity contribution in [3.05, 3.63) is 41.5 Å². The van der Waals surface area contributed by atoms with Crippen LogP contribution in [0.5, 0.6) is 0 Å². The van der Waals surface area contributed by atoms with E-state index in [1.54, 1.807) is 11.3 Å². The molecule has 0 unspecified atom stereocenters. The smallest absolute Gasteiger partial charge is 0.141 e. The Morgan fingerprint density at radius 3 is 2.50 bits per heavy atom. The van der Waals surface area contributed by atoms with Crippen molar-refractivity contribution in [2.24, 2.45) is 0 Å². The molecule has 0 bridgehead atoms. The normalized spacial score (nSPS) is 16.0. The topological polar surface area (TPSA) is 32.3 Å². The number of fused-ring (bicyclic) bond motifs is 1. The molecule has 5 heteroatoms. The van der Waals surface area contributed by atoms with Gasteiger partial charge in [-0.2, -0.15) is 0 Å². The van der Waals surface area contributed by atoms with Gasteiger partial charge in [-0.15, -0.1) is 11.3 Å². The van der Waals surface area contributed by atoms with Crippen molar-refractivity contribution in [1.82, 2.24) is 14.9 Å². The number of hydrogen-bond acceptors (Lipinski definition) is 5. The Labute approximate surface area is 146 Å². The van der Waals surface area contributed by atoms with Gasteiger partial charge < -0.3 is 9.80 Å². The predicted molar refractivity (Wildman–Crippen MR) is 102 cm³/mol. The molecule has 3 aromatic rings. The van der Waals surface area contributed by atoms with Gasteiger partial charge >= 0.3 is 0 Å². The van der Waals surface area contributed by atoms with Crippen LogP contribution in [0.4, 0.5) is 5.82 Å². The van der Waals surface area contributed by atoms with E-state index >= 15 is 0 Å². The maximum atomic E-state index is 4.84. The molecule has 24 heavy (non-hydrogen) atoms. The lowest BCUT2D eigenvalue weighted by atomic mass is 10.1. The van der Waals surface area contributed by atoms with E-state index in [2.05, 4.69) is 57.4 Å². The second-order valence-corrected chi connectivity index (χ2v) is 7.07. The van der Waals surface area contributed by atoms with Gasteiger partial charge in [0.2, 0.25) is 0 Å². The third-order valence-corrected chi connectivity index (χ3v) is 5.60. The van der Waals surface area contributed by atoms with E-state index in [1.165, 1.54) is 16.5 Å². The van der Waals surface area contributed by atoms with Crippen molar-refractivity contribution in [2.45, 2.75) is 13.8 Å². The molecule has 0 saturated carbocycles. The van der Waals surface area contributed by atoms with Crippen LogP contribution < -0.4 is 4.90 Å². The maximum absolute atomic E-state index is 4.84. The molecule has 1 aromatic carbocycles. The Hall–Kier alpha value is -1.98. The van der Waals surface area contributed by atoms with E-state index in [9.17, 15) is 0 Å². The zero-order chi connectivity index (χ0) is 16.5. The summed E-state index contributed by atoms with van der Waals surface area (Å²) in [5.74, 6) is 1.96. The van der Waals surface area contributed by atoms with E-state index in [0.717, 1.165) is 49.2 Å². The Morgan fingerprint density at radius 1 is 1.04 bits per heavy atom. The molecule has 0 atom stereocenters. The summed E-state index contributed by atoms with van der Waals surface area (Å²) < 4.78 is 0. The average molecular weight is 338 g/mol. The summed E-state index contributed by atoms with van der Waals surface area (Å²) in [6.07, 6.45) is 0. The largest absolute Gasteiger partial charge is 0.353 e. The molecule has 0 aliphatic carbocycles. The molecule has 4 rings (SSSR count). The minimum Gasteiger partial charge on any atom is -0.353 e. The van der Waals surface area contributed by atoms with E-state index in [-0.39, 0.29) is 0 Å². The Balaban J connectivity index is 1.81. The van der Waals surface area contributed by atoms with Crippen LogP contribution in [0, 0.1) is 6.92 Å². The lowest BCUT2D eigenvalue weighted by Gasteiger charge is -2.35. The van der Waals surface area contributed by atoms with Crippen LogP contribution in [-0.4, -0.2) is 47.6 Å². The predicted octanol–water partition coefficient (Wildman–Crippen LogP) is 3.81. The molecule has 3 heterocycles. The minimum absolute atomic E-state index is 0.858. The molecule has 1 aliphatic rings. The Kier molecular flexibility index (Phi) is 4.21. The molecule has 0 amide bonds. The summed E-state index contributed by atoms with van der Waals surface area (Å²) in [7, 11) is 0. The standard InChI is InChI=1S/C19H22N4S/c1-3-22-9-11-23(12-10-22)18-17-16(15-7-5-4-6-8-15)13-24-19(17)21-14(2)20-18/h4-8,13H,3,9-12H2,1-2H3. The first-order valence-electron chi connectivity index (χ1n) is 8.55. The second-order valence-electron chi connectivity index (χ2n) is 6.21. The molecule has 1 fully saturated rings. The van der Waals surface area contributed by atoms with Crippen LogP contribution in [0.2, 0.25) is 0 Å². The molecule has 0 N–H and O–H groups in total. The van der Waals surface area contributed by atoms with Crippen molar-refractivity contribution >= 4 is 27.4 Å². The van der Waals surface area contributed by atoms with Crippen LogP contribution in [-0.2, 0) is 0 Å². The van der Waals surface area contributed by atoms with Crippen LogP contribution >= 0.6 is 11.3 Å². The van der Waals surface area contributed by atoms with Gasteiger partial charge in [0, 0.05) is 37.1 Å². The highest BCUT2D eigenvalue weighted by atomic mass is 32.1. The molecular formula is C19H22N4S. The van der Waals surface area contributed by atoms with Crippen LogP contribution in [0.25, 0.3) is 21.3 Å². The monoisotopic (exact) mass is 338 g/mol. The third kappa shape index (κ3) is 2.78. The second kappa shape index (κ2) is 6.49. The number of likely N-dealkylation sites (N-methyl/N-ethyl adjacent to an activating group) is 1. The van der Waals surface area contributed by atoms with E-state index < -0.39 is 0 Å². The van der Waals surface area contributed by atoms with Crippen molar-refractivity contribution in [3.63, 3.8) is 0 Å². The summed E-state index contributed by atoms with van der Waals surface area (Å²) in [6.45, 7) is 9.62. The zero-order valence-corrected chi connectivity index (χ0v) is 15.0. The highest BCUT2D eigenvalue weighted by molar-refractivity contribution is 7.17. The highest BCUT2D eigenvalue weighted by Gasteiger charge is 2.22. The number of aromatic nitrogens is 2. The van der Waals surface area contributed by atoms with Crippen molar-refractivity contribution in [3.8, 4) is 11.1 Å². The van der Waals surface area contributed by atoms with Gasteiger partial charge in [-0.3, -0.25) is 0 Å². The maximum Gasteiger partial charge on any atom is 0.141 e. The number of benzene rings is 1. The number of rotatable bonds is 3. The molecule has 1 aliphatic heterocycles. The molecule has 0 spiro atoms. The van der Waals surface area contributed by atoms with E-state index in [1.807, 2.05) is 6.92 Å². The van der Waals surface area contributed by atoms with E-state index in [0.29, 0.717) is 0 Å². The van der Waals surface area contributed by atoms with Gasteiger partial charge in [0.1, 0.15) is 16.5 Å². The number of aryl methyl sites for hydroxylation is 1. The zero-order valence-electron chi connectivity index (χ0n) is 14.2. The first-order valence-corrected chi connectivity index (χ1v) is 9.43. The number of hydrogen-bond donors (Lipinski definition) is 0. The number of piperazine rings is 1. The number of anilines is 1. The van der Waals surface area contributed by atoms with Crippen LogP contribution in [0.1, 0.15) is 12.7 Å². The number of nitrogens with zero attached hydrogens (tertiary/aromatic N) is 4. The molecule has 1 saturated heterocycles. The minimum atomic E-state index is 0.858. The fourth-order valence-corrected chi connectivity index (χ4v) is 4.35. The summed E-state index contributed by atoms with van der Waals surface area (Å²) in [5, 5.41) is 3.43. The van der Waals surface area contributed by atoms with Gasteiger partial charge in [0.25, 0.3) is 0 Å². The molecule has 2 aromatic heterocycles. The molecule has 0 radical (unpaired) electrons. The lowest BCUT2D eigenvalue weighted by molar-refractivity contribution is 0.270. The molecule has 124 valence electrons. The Morgan fingerprint density at radius 2 is 1.79 bits per heavy atom. The average Bonchev–Trinajstić information content (AvgIpc) is 3.05. The van der Waals surface area contributed by atoms with Gasteiger partial charge in [-0.1, -0.05) is 37.3 Å².